The van der Waals surface area contributed by atoms with Gasteiger partial charge in [0.1, 0.15) is 5.82 Å². The molecule has 1 fully saturated rings. The van der Waals surface area contributed by atoms with Crippen molar-refractivity contribution in [2.75, 3.05) is 7.11 Å². The van der Waals surface area contributed by atoms with Crippen molar-refractivity contribution < 1.29 is 13.5 Å². The molecule has 1 nitrogen and oxygen atoms in total. The van der Waals surface area contributed by atoms with Crippen molar-refractivity contribution in [1.29, 1.82) is 0 Å². The number of hydrogen-bond acceptors (Lipinski definition) is 1. The fraction of sp³-hybridized carbons (Fsp3) is 0.500. The summed E-state index contributed by atoms with van der Waals surface area (Å²) in [5.41, 5.74) is 2.06. The smallest absolute Gasteiger partial charge is 0.165 e. The summed E-state index contributed by atoms with van der Waals surface area (Å²) in [7, 11) is 1.42. The van der Waals surface area contributed by atoms with Gasteiger partial charge < -0.3 is 4.74 Å². The van der Waals surface area contributed by atoms with Crippen LogP contribution in [0.1, 0.15) is 69.8 Å². The van der Waals surface area contributed by atoms with E-state index in [-0.39, 0.29) is 11.6 Å². The largest absolute Gasteiger partial charge is 0.494 e. The summed E-state index contributed by atoms with van der Waals surface area (Å²) in [6.07, 6.45) is 10.1. The lowest BCUT2D eigenvalue weighted by Gasteiger charge is -2.29. The zero-order chi connectivity index (χ0) is 19.2. The maximum atomic E-state index is 14.7. The number of hydrogen-bond donors (Lipinski definition) is 0. The Bertz CT molecular complexity index is 748. The summed E-state index contributed by atoms with van der Waals surface area (Å²) in [5, 5.41) is 0. The molecule has 2 aromatic carbocycles. The van der Waals surface area contributed by atoms with Crippen LogP contribution in [0.4, 0.5) is 8.78 Å². The molecule has 146 valence electrons. The van der Waals surface area contributed by atoms with Crippen molar-refractivity contribution in [1.82, 2.24) is 0 Å². The van der Waals surface area contributed by atoms with Crippen LogP contribution in [0, 0.1) is 17.6 Å². The maximum Gasteiger partial charge on any atom is 0.165 e. The van der Waals surface area contributed by atoms with Gasteiger partial charge in [-0.15, -0.1) is 0 Å². The predicted octanol–water partition coefficient (Wildman–Crippen LogP) is 7.49. The molecule has 3 rings (SSSR count). The Balaban J connectivity index is 1.66. The van der Waals surface area contributed by atoms with E-state index in [0.717, 1.165) is 24.3 Å². The number of unbranched alkanes of at least 4 members (excludes halogenated alkanes) is 2. The SMILES string of the molecule is CCCCCC1CCC(c2ccc(-c3ccc(OC)c(F)c3)c(F)c2)CC1. The summed E-state index contributed by atoms with van der Waals surface area (Å²) in [4.78, 5) is 0. The summed E-state index contributed by atoms with van der Waals surface area (Å²) >= 11 is 0. The maximum absolute atomic E-state index is 14.7. The lowest BCUT2D eigenvalue weighted by Crippen LogP contribution is -2.13. The zero-order valence-electron chi connectivity index (χ0n) is 16.4. The Kier molecular flexibility index (Phi) is 6.87. The van der Waals surface area contributed by atoms with Gasteiger partial charge in [0.05, 0.1) is 7.11 Å². The van der Waals surface area contributed by atoms with Crippen molar-refractivity contribution >= 4 is 0 Å². The van der Waals surface area contributed by atoms with E-state index in [2.05, 4.69) is 6.92 Å². The second-order valence-corrected chi connectivity index (χ2v) is 7.80. The Labute approximate surface area is 161 Å². The van der Waals surface area contributed by atoms with Gasteiger partial charge in [-0.2, -0.15) is 0 Å². The first-order valence-corrected chi connectivity index (χ1v) is 10.3. The highest BCUT2D eigenvalue weighted by Crippen LogP contribution is 2.39. The molecule has 0 unspecified atom stereocenters. The number of ether oxygens (including phenoxy) is 1. The van der Waals surface area contributed by atoms with Crippen LogP contribution in [-0.4, -0.2) is 7.11 Å². The fourth-order valence-electron chi connectivity index (χ4n) is 4.32. The molecule has 0 N–H and O–H groups in total. The molecule has 27 heavy (non-hydrogen) atoms. The summed E-state index contributed by atoms with van der Waals surface area (Å²) in [5.74, 6) is 0.719. The Morgan fingerprint density at radius 3 is 2.33 bits per heavy atom. The molecule has 0 bridgehead atoms. The molecule has 3 heteroatoms. The van der Waals surface area contributed by atoms with Crippen LogP contribution in [0.3, 0.4) is 0 Å². The Hall–Kier alpha value is -1.90. The molecule has 0 aliphatic heterocycles. The van der Waals surface area contributed by atoms with Gasteiger partial charge in [-0.1, -0.05) is 50.8 Å². The Morgan fingerprint density at radius 2 is 1.70 bits per heavy atom. The standard InChI is InChI=1S/C24H30F2O/c1-3-4-5-6-17-7-9-18(10-8-17)19-11-13-21(22(25)15-19)20-12-14-24(27-2)23(26)16-20/h11-18H,3-10H2,1-2H3. The number of rotatable bonds is 7. The van der Waals surface area contributed by atoms with Crippen molar-refractivity contribution in [3.05, 3.63) is 53.6 Å². The van der Waals surface area contributed by atoms with Crippen LogP contribution in [0.5, 0.6) is 5.75 Å². The Morgan fingerprint density at radius 1 is 0.926 bits per heavy atom. The van der Waals surface area contributed by atoms with Gasteiger partial charge in [0.15, 0.2) is 11.6 Å². The third-order valence-electron chi connectivity index (χ3n) is 5.99. The second kappa shape index (κ2) is 9.34. The molecule has 0 spiro atoms. The van der Waals surface area contributed by atoms with Crippen LogP contribution in [0.15, 0.2) is 36.4 Å². The van der Waals surface area contributed by atoms with Gasteiger partial charge in [0.2, 0.25) is 0 Å². The fourth-order valence-corrected chi connectivity index (χ4v) is 4.32. The van der Waals surface area contributed by atoms with Gasteiger partial charge in [-0.05, 0) is 66.8 Å². The van der Waals surface area contributed by atoms with E-state index in [1.165, 1.54) is 57.8 Å². The van der Waals surface area contributed by atoms with E-state index in [1.54, 1.807) is 18.2 Å². The molecule has 1 aliphatic carbocycles. The van der Waals surface area contributed by atoms with Crippen LogP contribution in [0.25, 0.3) is 11.1 Å². The summed E-state index contributed by atoms with van der Waals surface area (Å²) in [6.45, 7) is 2.25. The topological polar surface area (TPSA) is 9.23 Å². The normalized spacial score (nSPS) is 19.9. The molecule has 1 aliphatic rings. The third kappa shape index (κ3) is 4.88. The van der Waals surface area contributed by atoms with Crippen LogP contribution in [0.2, 0.25) is 0 Å². The minimum absolute atomic E-state index is 0.173. The number of methoxy groups -OCH3 is 1. The molecule has 0 heterocycles. The van der Waals surface area contributed by atoms with Gasteiger partial charge in [-0.3, -0.25) is 0 Å². The third-order valence-corrected chi connectivity index (χ3v) is 5.99. The van der Waals surface area contributed by atoms with Crippen molar-refractivity contribution in [2.24, 2.45) is 5.92 Å². The van der Waals surface area contributed by atoms with Gasteiger partial charge in [-0.25, -0.2) is 8.78 Å². The van der Waals surface area contributed by atoms with Gasteiger partial charge in [0.25, 0.3) is 0 Å². The lowest BCUT2D eigenvalue weighted by atomic mass is 9.77. The average Bonchev–Trinajstić information content (AvgIpc) is 2.68. The van der Waals surface area contributed by atoms with E-state index >= 15 is 0 Å². The molecular formula is C24H30F2O. The minimum Gasteiger partial charge on any atom is -0.494 e. The van der Waals surface area contributed by atoms with E-state index in [9.17, 15) is 8.78 Å². The first kappa shape index (κ1) is 19.9. The second-order valence-electron chi connectivity index (χ2n) is 7.80. The van der Waals surface area contributed by atoms with E-state index in [4.69, 9.17) is 4.74 Å². The highest BCUT2D eigenvalue weighted by molar-refractivity contribution is 5.65. The molecule has 1 saturated carbocycles. The minimum atomic E-state index is -0.472. The van der Waals surface area contributed by atoms with E-state index in [1.807, 2.05) is 6.07 Å². The lowest BCUT2D eigenvalue weighted by molar-refractivity contribution is 0.302. The number of benzene rings is 2. The van der Waals surface area contributed by atoms with E-state index < -0.39 is 5.82 Å². The predicted molar refractivity (Wildman–Crippen MR) is 107 cm³/mol. The zero-order valence-corrected chi connectivity index (χ0v) is 16.4. The van der Waals surface area contributed by atoms with E-state index in [0.29, 0.717) is 17.0 Å². The van der Waals surface area contributed by atoms with Crippen LogP contribution in [-0.2, 0) is 0 Å². The molecule has 0 amide bonds. The average molecular weight is 372 g/mol. The highest BCUT2D eigenvalue weighted by Gasteiger charge is 2.23. The van der Waals surface area contributed by atoms with Crippen molar-refractivity contribution in [3.8, 4) is 16.9 Å². The van der Waals surface area contributed by atoms with Crippen molar-refractivity contribution in [3.63, 3.8) is 0 Å². The summed E-state index contributed by atoms with van der Waals surface area (Å²) < 4.78 is 33.6. The van der Waals surface area contributed by atoms with Gasteiger partial charge in [0, 0.05) is 5.56 Å². The first-order valence-electron chi connectivity index (χ1n) is 10.3. The summed E-state index contributed by atoms with van der Waals surface area (Å²) in [6, 6.07) is 10.0. The monoisotopic (exact) mass is 372 g/mol. The molecule has 0 radical (unpaired) electrons. The number of halogens is 2. The van der Waals surface area contributed by atoms with Crippen molar-refractivity contribution in [2.45, 2.75) is 64.2 Å². The molecule has 0 saturated heterocycles. The molecular weight excluding hydrogens is 342 g/mol. The van der Waals surface area contributed by atoms with Gasteiger partial charge >= 0.3 is 0 Å². The molecule has 2 aromatic rings. The highest BCUT2D eigenvalue weighted by atomic mass is 19.1. The molecule has 0 aromatic heterocycles. The first-order chi connectivity index (χ1) is 13.1. The van der Waals surface area contributed by atoms with Crippen LogP contribution < -0.4 is 4.74 Å². The quantitative estimate of drug-likeness (QED) is 0.457. The molecule has 0 atom stereocenters. The van der Waals surface area contributed by atoms with Crippen LogP contribution >= 0.6 is 0 Å².